The first-order valence-corrected chi connectivity index (χ1v) is 7.80. The van der Waals surface area contributed by atoms with Gasteiger partial charge in [0.1, 0.15) is 0 Å². The average Bonchev–Trinajstić information content (AvgIpc) is 2.87. The van der Waals surface area contributed by atoms with Gasteiger partial charge in [-0.25, -0.2) is 4.98 Å². The second-order valence-electron chi connectivity index (χ2n) is 5.62. The number of hydrogen-bond donors (Lipinski definition) is 1. The molecule has 102 valence electrons. The SMILES string of the molecule is CC(CO)c1csc(C2CCCN(C(C)C)C2)n1. The molecule has 0 aromatic carbocycles. The van der Waals surface area contributed by atoms with E-state index in [4.69, 9.17) is 4.98 Å². The highest BCUT2D eigenvalue weighted by molar-refractivity contribution is 7.09. The molecule has 2 atom stereocenters. The van der Waals surface area contributed by atoms with Gasteiger partial charge in [0.2, 0.25) is 0 Å². The summed E-state index contributed by atoms with van der Waals surface area (Å²) in [6.45, 7) is 9.11. The molecule has 1 aliphatic rings. The van der Waals surface area contributed by atoms with Gasteiger partial charge in [0.15, 0.2) is 0 Å². The normalized spacial score (nSPS) is 23.5. The van der Waals surface area contributed by atoms with Gasteiger partial charge in [-0.15, -0.1) is 11.3 Å². The number of aliphatic hydroxyl groups is 1. The molecular weight excluding hydrogens is 244 g/mol. The van der Waals surface area contributed by atoms with Crippen molar-refractivity contribution in [2.24, 2.45) is 0 Å². The fraction of sp³-hybridized carbons (Fsp3) is 0.786. The van der Waals surface area contributed by atoms with Crippen molar-refractivity contribution >= 4 is 11.3 Å². The number of likely N-dealkylation sites (tertiary alicyclic amines) is 1. The molecule has 0 saturated carbocycles. The Labute approximate surface area is 114 Å². The zero-order chi connectivity index (χ0) is 13.1. The highest BCUT2D eigenvalue weighted by atomic mass is 32.1. The first-order chi connectivity index (χ1) is 8.61. The molecule has 0 spiro atoms. The summed E-state index contributed by atoms with van der Waals surface area (Å²) in [6.07, 6.45) is 2.52. The van der Waals surface area contributed by atoms with Crippen LogP contribution in [0.1, 0.15) is 56.2 Å². The molecule has 1 N–H and O–H groups in total. The summed E-state index contributed by atoms with van der Waals surface area (Å²) in [6, 6.07) is 0.628. The molecule has 2 heterocycles. The lowest BCUT2D eigenvalue weighted by molar-refractivity contribution is 0.167. The number of piperidine rings is 1. The highest BCUT2D eigenvalue weighted by Crippen LogP contribution is 2.31. The van der Waals surface area contributed by atoms with E-state index < -0.39 is 0 Å². The van der Waals surface area contributed by atoms with Crippen LogP contribution in [0.25, 0.3) is 0 Å². The molecular formula is C14H24N2OS. The average molecular weight is 268 g/mol. The van der Waals surface area contributed by atoms with Gasteiger partial charge in [-0.2, -0.15) is 0 Å². The van der Waals surface area contributed by atoms with Gasteiger partial charge in [-0.1, -0.05) is 6.92 Å². The van der Waals surface area contributed by atoms with Crippen LogP contribution in [0.3, 0.4) is 0 Å². The van der Waals surface area contributed by atoms with Crippen LogP contribution >= 0.6 is 11.3 Å². The predicted octanol–water partition coefficient (Wildman–Crippen LogP) is 2.83. The topological polar surface area (TPSA) is 36.4 Å². The largest absolute Gasteiger partial charge is 0.396 e. The van der Waals surface area contributed by atoms with Crippen molar-refractivity contribution in [3.8, 4) is 0 Å². The zero-order valence-electron chi connectivity index (χ0n) is 11.6. The number of thiazole rings is 1. The zero-order valence-corrected chi connectivity index (χ0v) is 12.4. The fourth-order valence-corrected chi connectivity index (χ4v) is 3.55. The Kier molecular flexibility index (Phi) is 4.76. The van der Waals surface area contributed by atoms with E-state index >= 15 is 0 Å². The molecule has 1 fully saturated rings. The third-order valence-corrected chi connectivity index (χ3v) is 4.88. The maximum absolute atomic E-state index is 9.18. The van der Waals surface area contributed by atoms with Crippen LogP contribution in [-0.4, -0.2) is 40.7 Å². The molecule has 3 nitrogen and oxygen atoms in total. The number of hydrogen-bond acceptors (Lipinski definition) is 4. The molecule has 0 aliphatic carbocycles. The molecule has 1 aliphatic heterocycles. The minimum absolute atomic E-state index is 0.166. The van der Waals surface area contributed by atoms with Crippen LogP contribution in [0, 0.1) is 0 Å². The van der Waals surface area contributed by atoms with Crippen LogP contribution in [0.15, 0.2) is 5.38 Å². The maximum Gasteiger partial charge on any atom is 0.0972 e. The van der Waals surface area contributed by atoms with Crippen molar-refractivity contribution < 1.29 is 5.11 Å². The Balaban J connectivity index is 2.04. The quantitative estimate of drug-likeness (QED) is 0.912. The van der Waals surface area contributed by atoms with E-state index in [1.807, 2.05) is 6.92 Å². The van der Waals surface area contributed by atoms with E-state index in [-0.39, 0.29) is 12.5 Å². The Morgan fingerprint density at radius 3 is 2.94 bits per heavy atom. The maximum atomic E-state index is 9.18. The van der Waals surface area contributed by atoms with Gasteiger partial charge in [0, 0.05) is 29.8 Å². The fourth-order valence-electron chi connectivity index (χ4n) is 2.49. The van der Waals surface area contributed by atoms with Crippen molar-refractivity contribution in [2.75, 3.05) is 19.7 Å². The summed E-state index contributed by atoms with van der Waals surface area (Å²) >= 11 is 1.76. The summed E-state index contributed by atoms with van der Waals surface area (Å²) in [4.78, 5) is 7.28. The Morgan fingerprint density at radius 2 is 2.28 bits per heavy atom. The summed E-state index contributed by atoms with van der Waals surface area (Å²) in [7, 11) is 0. The van der Waals surface area contributed by atoms with Gasteiger partial charge in [-0.3, -0.25) is 0 Å². The number of aromatic nitrogens is 1. The summed E-state index contributed by atoms with van der Waals surface area (Å²) in [5.74, 6) is 0.755. The number of nitrogens with zero attached hydrogens (tertiary/aromatic N) is 2. The Hall–Kier alpha value is -0.450. The molecule has 18 heavy (non-hydrogen) atoms. The van der Waals surface area contributed by atoms with Gasteiger partial charge in [0.05, 0.1) is 17.3 Å². The Bertz CT molecular complexity index is 378. The standard InChI is InChI=1S/C14H24N2OS/c1-10(2)16-6-4-5-12(7-16)14-15-13(9-18-14)11(3)8-17/h9-12,17H,4-8H2,1-3H3. The molecule has 0 bridgehead atoms. The second-order valence-corrected chi connectivity index (χ2v) is 6.51. The Morgan fingerprint density at radius 1 is 1.50 bits per heavy atom. The van der Waals surface area contributed by atoms with Crippen molar-refractivity contribution in [3.05, 3.63) is 16.1 Å². The second kappa shape index (κ2) is 6.13. The van der Waals surface area contributed by atoms with E-state index in [9.17, 15) is 5.11 Å². The summed E-state index contributed by atoms with van der Waals surface area (Å²) < 4.78 is 0. The predicted molar refractivity (Wildman–Crippen MR) is 76.3 cm³/mol. The third-order valence-electron chi connectivity index (χ3n) is 3.85. The van der Waals surface area contributed by atoms with E-state index in [0.717, 1.165) is 12.2 Å². The van der Waals surface area contributed by atoms with Crippen LogP contribution in [0.2, 0.25) is 0 Å². The molecule has 2 rings (SSSR count). The lowest BCUT2D eigenvalue weighted by Gasteiger charge is -2.34. The number of aliphatic hydroxyl groups excluding tert-OH is 1. The first kappa shape index (κ1) is 14.0. The van der Waals surface area contributed by atoms with Gasteiger partial charge in [-0.05, 0) is 33.2 Å². The smallest absolute Gasteiger partial charge is 0.0972 e. The molecule has 0 amide bonds. The van der Waals surface area contributed by atoms with Crippen LogP contribution in [0.4, 0.5) is 0 Å². The first-order valence-electron chi connectivity index (χ1n) is 6.92. The monoisotopic (exact) mass is 268 g/mol. The van der Waals surface area contributed by atoms with Gasteiger partial charge in [0.25, 0.3) is 0 Å². The number of rotatable bonds is 4. The summed E-state index contributed by atoms with van der Waals surface area (Å²) in [5, 5.41) is 12.6. The van der Waals surface area contributed by atoms with E-state index in [1.165, 1.54) is 24.4 Å². The summed E-state index contributed by atoms with van der Waals surface area (Å²) in [5.41, 5.74) is 1.05. The molecule has 1 aromatic rings. The molecule has 0 radical (unpaired) electrons. The van der Waals surface area contributed by atoms with Crippen molar-refractivity contribution in [1.82, 2.24) is 9.88 Å². The molecule has 2 unspecified atom stereocenters. The lowest BCUT2D eigenvalue weighted by Crippen LogP contribution is -2.39. The van der Waals surface area contributed by atoms with E-state index in [0.29, 0.717) is 12.0 Å². The lowest BCUT2D eigenvalue weighted by atomic mass is 9.97. The van der Waals surface area contributed by atoms with Crippen molar-refractivity contribution in [3.63, 3.8) is 0 Å². The minimum atomic E-state index is 0.166. The van der Waals surface area contributed by atoms with Crippen LogP contribution < -0.4 is 0 Å². The molecule has 1 aromatic heterocycles. The third kappa shape index (κ3) is 3.11. The van der Waals surface area contributed by atoms with E-state index in [2.05, 4.69) is 24.1 Å². The van der Waals surface area contributed by atoms with Gasteiger partial charge >= 0.3 is 0 Å². The molecule has 4 heteroatoms. The minimum Gasteiger partial charge on any atom is -0.396 e. The van der Waals surface area contributed by atoms with Crippen molar-refractivity contribution in [1.29, 1.82) is 0 Å². The van der Waals surface area contributed by atoms with Gasteiger partial charge < -0.3 is 10.0 Å². The highest BCUT2D eigenvalue weighted by Gasteiger charge is 2.25. The van der Waals surface area contributed by atoms with Crippen molar-refractivity contribution in [2.45, 2.75) is 51.5 Å². The molecule has 1 saturated heterocycles. The van der Waals surface area contributed by atoms with Crippen LogP contribution in [-0.2, 0) is 0 Å². The van der Waals surface area contributed by atoms with Crippen LogP contribution in [0.5, 0.6) is 0 Å². The van der Waals surface area contributed by atoms with E-state index in [1.54, 1.807) is 11.3 Å².